The second kappa shape index (κ2) is 6.77. The minimum Gasteiger partial charge on any atom is -0.392 e. The zero-order valence-corrected chi connectivity index (χ0v) is 13.5. The van der Waals surface area contributed by atoms with Gasteiger partial charge in [-0.05, 0) is 25.5 Å². The van der Waals surface area contributed by atoms with Crippen molar-refractivity contribution in [3.8, 4) is 0 Å². The topological polar surface area (TPSA) is 44.0 Å². The van der Waals surface area contributed by atoms with E-state index in [1.165, 1.54) is 0 Å². The van der Waals surface area contributed by atoms with E-state index in [0.717, 1.165) is 50.5 Å². The first kappa shape index (κ1) is 15.5. The number of hydrogen-bond donors (Lipinski definition) is 1. The number of nitrogens with zero attached hydrogens (tertiary/aromatic N) is 4. The molecule has 0 unspecified atom stereocenters. The molecule has 0 aromatic carbocycles. The summed E-state index contributed by atoms with van der Waals surface area (Å²) < 4.78 is 2.08. The fourth-order valence-electron chi connectivity index (χ4n) is 3.36. The Labute approximate surface area is 132 Å². The zero-order chi connectivity index (χ0) is 15.5. The third kappa shape index (κ3) is 3.48. The Morgan fingerprint density at radius 3 is 2.95 bits per heavy atom. The molecule has 0 amide bonds. The predicted octanol–water partition coefficient (Wildman–Crippen LogP) is 1.61. The lowest BCUT2D eigenvalue weighted by atomic mass is 10.1. The summed E-state index contributed by atoms with van der Waals surface area (Å²) in [4.78, 5) is 9.59. The molecule has 5 nitrogen and oxygen atoms in total. The molecular formula is C17H26N4O. The van der Waals surface area contributed by atoms with E-state index in [-0.39, 0.29) is 6.10 Å². The summed E-state index contributed by atoms with van der Waals surface area (Å²) in [6, 6.07) is 6.62. The van der Waals surface area contributed by atoms with Crippen molar-refractivity contribution in [2.45, 2.75) is 39.0 Å². The summed E-state index contributed by atoms with van der Waals surface area (Å²) in [7, 11) is 0. The molecule has 0 radical (unpaired) electrons. The normalized spacial score (nSPS) is 22.2. The molecule has 1 aliphatic rings. The molecule has 2 aromatic rings. The van der Waals surface area contributed by atoms with E-state index < -0.39 is 0 Å². The van der Waals surface area contributed by atoms with Crippen LogP contribution < -0.4 is 0 Å². The van der Waals surface area contributed by atoms with Crippen molar-refractivity contribution in [2.75, 3.05) is 26.2 Å². The van der Waals surface area contributed by atoms with E-state index in [4.69, 9.17) is 4.98 Å². The lowest BCUT2D eigenvalue weighted by Gasteiger charge is -2.41. The maximum atomic E-state index is 9.63. The van der Waals surface area contributed by atoms with Crippen LogP contribution in [-0.2, 0) is 6.54 Å². The highest BCUT2D eigenvalue weighted by atomic mass is 16.3. The number of aliphatic hydroxyl groups is 1. The molecule has 22 heavy (non-hydrogen) atoms. The molecule has 0 bridgehead atoms. The quantitative estimate of drug-likeness (QED) is 0.911. The van der Waals surface area contributed by atoms with Crippen LogP contribution in [0.2, 0.25) is 0 Å². The Bertz CT molecular complexity index is 576. The van der Waals surface area contributed by atoms with E-state index >= 15 is 0 Å². The molecule has 3 rings (SSSR count). The van der Waals surface area contributed by atoms with Crippen molar-refractivity contribution < 1.29 is 5.11 Å². The van der Waals surface area contributed by atoms with Crippen LogP contribution in [0.25, 0.3) is 5.65 Å². The Hall–Kier alpha value is -1.43. The summed E-state index contributed by atoms with van der Waals surface area (Å²) in [6.07, 6.45) is 5.03. The van der Waals surface area contributed by atoms with Crippen molar-refractivity contribution >= 4 is 5.65 Å². The second-order valence-corrected chi connectivity index (χ2v) is 6.34. The van der Waals surface area contributed by atoms with Crippen molar-refractivity contribution in [2.24, 2.45) is 0 Å². The van der Waals surface area contributed by atoms with Gasteiger partial charge in [-0.15, -0.1) is 0 Å². The Morgan fingerprint density at radius 2 is 2.23 bits per heavy atom. The van der Waals surface area contributed by atoms with E-state index in [2.05, 4.69) is 27.3 Å². The fourth-order valence-corrected chi connectivity index (χ4v) is 3.36. The van der Waals surface area contributed by atoms with Gasteiger partial charge in [0.05, 0.1) is 11.8 Å². The van der Waals surface area contributed by atoms with Gasteiger partial charge in [-0.3, -0.25) is 9.80 Å². The molecule has 1 N–H and O–H groups in total. The van der Waals surface area contributed by atoms with Crippen LogP contribution in [0.1, 0.15) is 26.0 Å². The molecule has 5 heteroatoms. The first-order valence-corrected chi connectivity index (χ1v) is 8.22. The Kier molecular flexibility index (Phi) is 4.76. The zero-order valence-electron chi connectivity index (χ0n) is 13.5. The third-order valence-corrected chi connectivity index (χ3v) is 4.46. The Balaban J connectivity index is 1.64. The van der Waals surface area contributed by atoms with Crippen molar-refractivity contribution in [1.29, 1.82) is 0 Å². The highest BCUT2D eigenvalue weighted by Crippen LogP contribution is 2.16. The maximum Gasteiger partial charge on any atom is 0.137 e. The number of fused-ring (bicyclic) bond motifs is 1. The van der Waals surface area contributed by atoms with Crippen LogP contribution in [0.15, 0.2) is 30.6 Å². The fraction of sp³-hybridized carbons (Fsp3) is 0.588. The average Bonchev–Trinajstić information content (AvgIpc) is 2.90. The summed E-state index contributed by atoms with van der Waals surface area (Å²) in [5, 5.41) is 9.63. The number of imidazole rings is 1. The van der Waals surface area contributed by atoms with E-state index in [0.29, 0.717) is 6.04 Å². The van der Waals surface area contributed by atoms with Crippen LogP contribution in [0, 0.1) is 0 Å². The number of aliphatic hydroxyl groups excluding tert-OH is 1. The second-order valence-electron chi connectivity index (χ2n) is 6.34. The number of β-amino-alcohol motifs (C(OH)–C–C–N with tert-alkyl or cyclic N) is 1. The number of rotatable bonds is 5. The molecule has 120 valence electrons. The minimum atomic E-state index is -0.251. The maximum absolute atomic E-state index is 9.63. The van der Waals surface area contributed by atoms with Gasteiger partial charge in [0.1, 0.15) is 5.65 Å². The van der Waals surface area contributed by atoms with Crippen LogP contribution >= 0.6 is 0 Å². The predicted molar refractivity (Wildman–Crippen MR) is 87.8 cm³/mol. The van der Waals surface area contributed by atoms with E-state index in [9.17, 15) is 5.11 Å². The third-order valence-electron chi connectivity index (χ3n) is 4.46. The number of piperazine rings is 1. The smallest absolute Gasteiger partial charge is 0.137 e. The van der Waals surface area contributed by atoms with Gasteiger partial charge in [0.25, 0.3) is 0 Å². The number of pyridine rings is 1. The molecule has 1 aliphatic heterocycles. The van der Waals surface area contributed by atoms with E-state index in [1.54, 1.807) is 0 Å². The first-order valence-electron chi connectivity index (χ1n) is 8.22. The lowest BCUT2D eigenvalue weighted by molar-refractivity contribution is 0.0334. The van der Waals surface area contributed by atoms with Gasteiger partial charge in [-0.1, -0.05) is 13.0 Å². The number of hydrogen-bond acceptors (Lipinski definition) is 4. The summed E-state index contributed by atoms with van der Waals surface area (Å²) >= 11 is 0. The summed E-state index contributed by atoms with van der Waals surface area (Å²) in [6.45, 7) is 8.90. The van der Waals surface area contributed by atoms with E-state index in [1.807, 2.05) is 31.3 Å². The highest BCUT2D eigenvalue weighted by molar-refractivity contribution is 5.39. The largest absolute Gasteiger partial charge is 0.392 e. The van der Waals surface area contributed by atoms with Crippen LogP contribution in [-0.4, -0.2) is 62.6 Å². The van der Waals surface area contributed by atoms with Crippen LogP contribution in [0.3, 0.4) is 0 Å². The van der Waals surface area contributed by atoms with Crippen LogP contribution in [0.5, 0.6) is 0 Å². The minimum absolute atomic E-state index is 0.251. The molecule has 0 aliphatic carbocycles. The van der Waals surface area contributed by atoms with Gasteiger partial charge in [0.2, 0.25) is 0 Å². The van der Waals surface area contributed by atoms with Gasteiger partial charge in [0, 0.05) is 51.2 Å². The first-order chi connectivity index (χ1) is 10.7. The highest BCUT2D eigenvalue weighted by Gasteiger charge is 2.26. The standard InChI is InChI=1S/C17H26N4O/c1-3-16-13-19(8-9-20(16)10-14(2)22)11-15-12-21-7-5-4-6-17(21)18-15/h4-7,12,14,16,22H,3,8-11,13H2,1-2H3/t14-,16+/m0/s1. The van der Waals surface area contributed by atoms with Gasteiger partial charge in [0.15, 0.2) is 0 Å². The molecule has 2 atom stereocenters. The molecule has 1 fully saturated rings. The van der Waals surface area contributed by atoms with Gasteiger partial charge >= 0.3 is 0 Å². The van der Waals surface area contributed by atoms with Gasteiger partial charge < -0.3 is 9.51 Å². The van der Waals surface area contributed by atoms with Crippen molar-refractivity contribution in [3.63, 3.8) is 0 Å². The summed E-state index contributed by atoms with van der Waals surface area (Å²) in [5.41, 5.74) is 2.14. The molecule has 1 saturated heterocycles. The SMILES string of the molecule is CC[C@@H]1CN(Cc2cn3ccccc3n2)CCN1C[C@H](C)O. The lowest BCUT2D eigenvalue weighted by Crippen LogP contribution is -2.54. The molecular weight excluding hydrogens is 276 g/mol. The Morgan fingerprint density at radius 1 is 1.36 bits per heavy atom. The van der Waals surface area contributed by atoms with Gasteiger partial charge in [-0.25, -0.2) is 4.98 Å². The molecule has 2 aromatic heterocycles. The molecule has 0 spiro atoms. The molecule has 0 saturated carbocycles. The average molecular weight is 302 g/mol. The number of aromatic nitrogens is 2. The van der Waals surface area contributed by atoms with Gasteiger partial charge in [-0.2, -0.15) is 0 Å². The van der Waals surface area contributed by atoms with Crippen LogP contribution in [0.4, 0.5) is 0 Å². The molecule has 3 heterocycles. The monoisotopic (exact) mass is 302 g/mol. The van der Waals surface area contributed by atoms with Crippen molar-refractivity contribution in [1.82, 2.24) is 19.2 Å². The summed E-state index contributed by atoms with van der Waals surface area (Å²) in [5.74, 6) is 0. The van der Waals surface area contributed by atoms with Crippen molar-refractivity contribution in [3.05, 3.63) is 36.3 Å².